The number of rotatable bonds is 6. The highest BCUT2D eigenvalue weighted by Gasteiger charge is 2.24. The van der Waals surface area contributed by atoms with E-state index in [1.165, 1.54) is 30.9 Å². The van der Waals surface area contributed by atoms with E-state index in [1.54, 1.807) is 6.07 Å². The fraction of sp³-hybridized carbons (Fsp3) is 0.400. The third kappa shape index (κ3) is 6.59. The van der Waals surface area contributed by atoms with Crippen molar-refractivity contribution in [3.8, 4) is 0 Å². The zero-order valence-electron chi connectivity index (χ0n) is 14.3. The van der Waals surface area contributed by atoms with Crippen LogP contribution in [0.15, 0.2) is 54.6 Å². The first kappa shape index (κ1) is 21.9. The van der Waals surface area contributed by atoms with Crippen LogP contribution in [-0.2, 0) is 13.1 Å². The molecule has 0 aromatic heterocycles. The first-order valence-corrected chi connectivity index (χ1v) is 8.57. The van der Waals surface area contributed by atoms with Crippen LogP contribution in [-0.4, -0.2) is 12.1 Å². The summed E-state index contributed by atoms with van der Waals surface area (Å²) in [5.41, 5.74) is 2.06. The van der Waals surface area contributed by atoms with Crippen molar-refractivity contribution in [3.63, 3.8) is 0 Å². The lowest BCUT2D eigenvalue weighted by Crippen LogP contribution is -2.49. The van der Waals surface area contributed by atoms with Crippen molar-refractivity contribution >= 4 is 24.8 Å². The van der Waals surface area contributed by atoms with Crippen LogP contribution in [0.3, 0.4) is 0 Å². The molecule has 1 saturated carbocycles. The largest absolute Gasteiger partial charge is 0.308 e. The van der Waals surface area contributed by atoms with Crippen molar-refractivity contribution in [2.24, 2.45) is 0 Å². The Bertz CT molecular complexity index is 610. The van der Waals surface area contributed by atoms with E-state index in [2.05, 4.69) is 34.9 Å². The van der Waals surface area contributed by atoms with Crippen molar-refractivity contribution in [1.29, 1.82) is 0 Å². The average Bonchev–Trinajstić information content (AvgIpc) is 2.61. The van der Waals surface area contributed by atoms with Gasteiger partial charge in [0.2, 0.25) is 0 Å². The maximum atomic E-state index is 13.8. The van der Waals surface area contributed by atoms with Gasteiger partial charge in [-0.15, -0.1) is 24.8 Å². The SMILES string of the molecule is Cl.Cl.Fc1ccccc1CNC1CCCCC1NCc1ccccc1. The Morgan fingerprint density at radius 1 is 0.760 bits per heavy atom. The van der Waals surface area contributed by atoms with Gasteiger partial charge in [0, 0.05) is 30.7 Å². The highest BCUT2D eigenvalue weighted by atomic mass is 35.5. The number of nitrogens with one attached hydrogen (secondary N) is 2. The van der Waals surface area contributed by atoms with Crippen LogP contribution in [0.2, 0.25) is 0 Å². The van der Waals surface area contributed by atoms with E-state index in [0.29, 0.717) is 18.6 Å². The smallest absolute Gasteiger partial charge is 0.127 e. The monoisotopic (exact) mass is 384 g/mol. The predicted molar refractivity (Wildman–Crippen MR) is 107 cm³/mol. The summed E-state index contributed by atoms with van der Waals surface area (Å²) in [5, 5.41) is 7.25. The highest BCUT2D eigenvalue weighted by molar-refractivity contribution is 5.85. The summed E-state index contributed by atoms with van der Waals surface area (Å²) in [6.45, 7) is 1.49. The van der Waals surface area contributed by atoms with Gasteiger partial charge in [-0.05, 0) is 24.5 Å². The minimum atomic E-state index is -0.121. The molecule has 3 rings (SSSR count). The summed E-state index contributed by atoms with van der Waals surface area (Å²) in [7, 11) is 0. The molecular weight excluding hydrogens is 358 g/mol. The molecule has 25 heavy (non-hydrogen) atoms. The van der Waals surface area contributed by atoms with E-state index in [0.717, 1.165) is 18.5 Å². The van der Waals surface area contributed by atoms with Gasteiger partial charge in [-0.2, -0.15) is 0 Å². The van der Waals surface area contributed by atoms with Crippen LogP contribution in [0.5, 0.6) is 0 Å². The van der Waals surface area contributed by atoms with Crippen LogP contribution in [0.4, 0.5) is 4.39 Å². The average molecular weight is 385 g/mol. The molecule has 1 aliphatic carbocycles. The highest BCUT2D eigenvalue weighted by Crippen LogP contribution is 2.20. The quantitative estimate of drug-likeness (QED) is 0.742. The molecule has 0 heterocycles. The molecule has 5 heteroatoms. The molecule has 0 radical (unpaired) electrons. The number of benzene rings is 2. The Kier molecular flexibility index (Phi) is 10.1. The van der Waals surface area contributed by atoms with Crippen molar-refractivity contribution in [1.82, 2.24) is 10.6 Å². The zero-order valence-corrected chi connectivity index (χ0v) is 15.9. The lowest BCUT2D eigenvalue weighted by Gasteiger charge is -2.33. The van der Waals surface area contributed by atoms with Gasteiger partial charge in [-0.1, -0.05) is 61.4 Å². The van der Waals surface area contributed by atoms with Crippen LogP contribution in [0.25, 0.3) is 0 Å². The second-order valence-electron chi connectivity index (χ2n) is 6.34. The Labute approximate surface area is 162 Å². The van der Waals surface area contributed by atoms with Crippen LogP contribution in [0.1, 0.15) is 36.8 Å². The molecule has 0 amide bonds. The van der Waals surface area contributed by atoms with Crippen molar-refractivity contribution in [2.75, 3.05) is 0 Å². The maximum Gasteiger partial charge on any atom is 0.127 e. The van der Waals surface area contributed by atoms with E-state index < -0.39 is 0 Å². The Morgan fingerprint density at radius 3 is 1.96 bits per heavy atom. The molecule has 2 nitrogen and oxygen atoms in total. The topological polar surface area (TPSA) is 24.1 Å². The minimum Gasteiger partial charge on any atom is -0.308 e. The van der Waals surface area contributed by atoms with Gasteiger partial charge in [0.25, 0.3) is 0 Å². The van der Waals surface area contributed by atoms with Gasteiger partial charge < -0.3 is 10.6 Å². The van der Waals surface area contributed by atoms with Gasteiger partial charge in [-0.25, -0.2) is 4.39 Å². The molecule has 2 N–H and O–H groups in total. The van der Waals surface area contributed by atoms with Crippen molar-refractivity contribution < 1.29 is 4.39 Å². The third-order valence-electron chi connectivity index (χ3n) is 4.69. The van der Waals surface area contributed by atoms with Gasteiger partial charge in [0.15, 0.2) is 0 Å². The van der Waals surface area contributed by atoms with Gasteiger partial charge in [-0.3, -0.25) is 0 Å². The lowest BCUT2D eigenvalue weighted by molar-refractivity contribution is 0.280. The summed E-state index contributed by atoms with van der Waals surface area (Å²) in [5.74, 6) is -0.121. The molecule has 2 aromatic rings. The fourth-order valence-corrected chi connectivity index (χ4v) is 3.35. The molecule has 2 atom stereocenters. The number of hydrogen-bond donors (Lipinski definition) is 2. The Balaban J connectivity index is 0.00000156. The zero-order chi connectivity index (χ0) is 15.9. The molecule has 0 spiro atoms. The second kappa shape index (κ2) is 11.5. The molecule has 2 aromatic carbocycles. The first-order chi connectivity index (χ1) is 11.3. The van der Waals surface area contributed by atoms with E-state index in [4.69, 9.17) is 0 Å². The Hall–Kier alpha value is -1.13. The normalized spacial score (nSPS) is 19.6. The lowest BCUT2D eigenvalue weighted by atomic mass is 9.90. The molecular formula is C20H27Cl2FN2. The molecule has 0 saturated heterocycles. The number of halogens is 3. The van der Waals surface area contributed by atoms with E-state index in [9.17, 15) is 4.39 Å². The van der Waals surface area contributed by atoms with E-state index in [-0.39, 0.29) is 30.6 Å². The molecule has 1 aliphatic rings. The minimum absolute atomic E-state index is 0. The van der Waals surface area contributed by atoms with Gasteiger partial charge in [0.05, 0.1) is 0 Å². The molecule has 138 valence electrons. The maximum absolute atomic E-state index is 13.8. The summed E-state index contributed by atoms with van der Waals surface area (Å²) >= 11 is 0. The summed E-state index contributed by atoms with van der Waals surface area (Å²) in [6, 6.07) is 18.4. The van der Waals surface area contributed by atoms with Crippen molar-refractivity contribution in [3.05, 3.63) is 71.5 Å². The van der Waals surface area contributed by atoms with Gasteiger partial charge in [0.1, 0.15) is 5.82 Å². The van der Waals surface area contributed by atoms with E-state index >= 15 is 0 Å². The summed E-state index contributed by atoms with van der Waals surface area (Å²) in [4.78, 5) is 0. The van der Waals surface area contributed by atoms with Crippen molar-refractivity contribution in [2.45, 2.75) is 50.9 Å². The van der Waals surface area contributed by atoms with Gasteiger partial charge >= 0.3 is 0 Å². The second-order valence-corrected chi connectivity index (χ2v) is 6.34. The fourth-order valence-electron chi connectivity index (χ4n) is 3.35. The summed E-state index contributed by atoms with van der Waals surface area (Å²) < 4.78 is 13.8. The van der Waals surface area contributed by atoms with Crippen LogP contribution in [0, 0.1) is 5.82 Å². The standard InChI is InChI=1S/C20H25FN2.2ClH/c21-18-11-5-4-10-17(18)15-23-20-13-7-6-12-19(20)22-14-16-8-2-1-3-9-16;;/h1-5,8-11,19-20,22-23H,6-7,12-15H2;2*1H. The molecule has 0 bridgehead atoms. The van der Waals surface area contributed by atoms with Crippen LogP contribution < -0.4 is 10.6 Å². The predicted octanol–water partition coefficient (Wildman–Crippen LogP) is 4.86. The van der Waals surface area contributed by atoms with E-state index in [1.807, 2.05) is 18.2 Å². The molecule has 0 aliphatic heterocycles. The number of hydrogen-bond acceptors (Lipinski definition) is 2. The first-order valence-electron chi connectivity index (χ1n) is 8.57. The third-order valence-corrected chi connectivity index (χ3v) is 4.69. The molecule has 1 fully saturated rings. The molecule has 2 unspecified atom stereocenters. The Morgan fingerprint density at radius 2 is 1.32 bits per heavy atom. The van der Waals surface area contributed by atoms with Crippen LogP contribution >= 0.6 is 24.8 Å². The summed E-state index contributed by atoms with van der Waals surface area (Å²) in [6.07, 6.45) is 4.85.